The average molecular weight is 331 g/mol. The van der Waals surface area contributed by atoms with Gasteiger partial charge in [-0.2, -0.15) is 0 Å². The largest absolute Gasteiger partial charge is 0.481 e. The average Bonchev–Trinajstić information content (AvgIpc) is 2.47. The van der Waals surface area contributed by atoms with Gasteiger partial charge in [-0.3, -0.25) is 4.79 Å². The number of likely N-dealkylation sites (tertiary alicyclic amines) is 1. The lowest BCUT2D eigenvalue weighted by molar-refractivity contribution is -0.143. The zero-order valence-corrected chi connectivity index (χ0v) is 13.0. The number of benzene rings is 1. The summed E-state index contributed by atoms with van der Waals surface area (Å²) in [7, 11) is 0. The van der Waals surface area contributed by atoms with Crippen LogP contribution in [0.5, 0.6) is 0 Å². The molecule has 0 saturated carbocycles. The van der Waals surface area contributed by atoms with Crippen LogP contribution in [-0.4, -0.2) is 35.1 Å². The molecule has 21 heavy (non-hydrogen) atoms. The number of aliphatic carboxylic acids is 1. The number of anilines is 1. The number of halogens is 2. The van der Waals surface area contributed by atoms with Crippen molar-refractivity contribution >= 4 is 40.9 Å². The Morgan fingerprint density at radius 3 is 2.48 bits per heavy atom. The number of amides is 2. The summed E-state index contributed by atoms with van der Waals surface area (Å²) in [4.78, 5) is 24.7. The van der Waals surface area contributed by atoms with E-state index in [2.05, 4.69) is 5.32 Å². The van der Waals surface area contributed by atoms with Crippen molar-refractivity contribution in [3.63, 3.8) is 0 Å². The van der Waals surface area contributed by atoms with Crippen molar-refractivity contribution in [3.8, 4) is 0 Å². The lowest BCUT2D eigenvalue weighted by Crippen LogP contribution is -2.42. The first-order chi connectivity index (χ1) is 9.90. The first kappa shape index (κ1) is 15.9. The highest BCUT2D eigenvalue weighted by atomic mass is 35.5. The lowest BCUT2D eigenvalue weighted by Gasteiger charge is -2.30. The number of aryl methyl sites for hydroxylation is 1. The first-order valence-electron chi connectivity index (χ1n) is 6.63. The second-order valence-corrected chi connectivity index (χ2v) is 5.87. The number of rotatable bonds is 2. The molecule has 0 aromatic heterocycles. The molecule has 1 aliphatic heterocycles. The maximum Gasteiger partial charge on any atom is 0.321 e. The Hall–Kier alpha value is -1.46. The summed E-state index contributed by atoms with van der Waals surface area (Å²) in [5, 5.41) is 12.4. The number of hydrogen-bond donors (Lipinski definition) is 2. The summed E-state index contributed by atoms with van der Waals surface area (Å²) in [6, 6.07) is 3.14. The first-order valence-corrected chi connectivity index (χ1v) is 7.39. The van der Waals surface area contributed by atoms with Gasteiger partial charge in [0, 0.05) is 13.1 Å². The molecule has 1 fully saturated rings. The third-order valence-electron chi connectivity index (χ3n) is 3.65. The molecule has 0 bridgehead atoms. The van der Waals surface area contributed by atoms with Crippen LogP contribution in [0.3, 0.4) is 0 Å². The maximum atomic E-state index is 12.2. The van der Waals surface area contributed by atoms with Crippen LogP contribution in [0, 0.1) is 12.8 Å². The highest BCUT2D eigenvalue weighted by molar-refractivity contribution is 6.40. The van der Waals surface area contributed by atoms with Crippen LogP contribution in [0.15, 0.2) is 12.1 Å². The van der Waals surface area contributed by atoms with E-state index in [1.165, 1.54) is 0 Å². The molecule has 2 rings (SSSR count). The van der Waals surface area contributed by atoms with E-state index >= 15 is 0 Å². The number of carbonyl (C=O) groups is 2. The molecule has 1 saturated heterocycles. The molecule has 2 N–H and O–H groups in total. The van der Waals surface area contributed by atoms with Gasteiger partial charge in [-0.05, 0) is 31.4 Å². The van der Waals surface area contributed by atoms with Crippen molar-refractivity contribution < 1.29 is 14.7 Å². The van der Waals surface area contributed by atoms with E-state index in [9.17, 15) is 9.59 Å². The predicted octanol–water partition coefficient (Wildman–Crippen LogP) is 3.63. The second kappa shape index (κ2) is 6.54. The molecule has 0 atom stereocenters. The van der Waals surface area contributed by atoms with E-state index in [0.29, 0.717) is 41.7 Å². The van der Waals surface area contributed by atoms with Gasteiger partial charge in [0.15, 0.2) is 0 Å². The fraction of sp³-hybridized carbons (Fsp3) is 0.429. The van der Waals surface area contributed by atoms with Crippen LogP contribution >= 0.6 is 23.2 Å². The predicted molar refractivity (Wildman–Crippen MR) is 82.2 cm³/mol. The van der Waals surface area contributed by atoms with Gasteiger partial charge < -0.3 is 15.3 Å². The summed E-state index contributed by atoms with van der Waals surface area (Å²) in [5.74, 6) is -1.18. The minimum atomic E-state index is -0.806. The van der Waals surface area contributed by atoms with Gasteiger partial charge in [0.05, 0.1) is 21.7 Å². The summed E-state index contributed by atoms with van der Waals surface area (Å²) >= 11 is 12.2. The Morgan fingerprint density at radius 2 is 1.90 bits per heavy atom. The van der Waals surface area contributed by atoms with E-state index in [-0.39, 0.29) is 11.9 Å². The SMILES string of the molecule is Cc1ccc(Cl)c(NC(=O)N2CCC(C(=O)O)CC2)c1Cl. The van der Waals surface area contributed by atoms with Crippen molar-refractivity contribution in [1.29, 1.82) is 0 Å². The number of nitrogens with one attached hydrogen (secondary N) is 1. The van der Waals surface area contributed by atoms with Crippen molar-refractivity contribution in [2.24, 2.45) is 5.92 Å². The molecule has 5 nitrogen and oxygen atoms in total. The summed E-state index contributed by atoms with van der Waals surface area (Å²) in [5.41, 5.74) is 1.21. The van der Waals surface area contributed by atoms with Gasteiger partial charge in [-0.1, -0.05) is 29.3 Å². The number of carboxylic acid groups (broad SMARTS) is 1. The molecule has 0 unspecified atom stereocenters. The molecule has 1 aromatic rings. The fourth-order valence-electron chi connectivity index (χ4n) is 2.29. The number of nitrogens with zero attached hydrogens (tertiary/aromatic N) is 1. The lowest BCUT2D eigenvalue weighted by atomic mass is 9.97. The molecule has 114 valence electrons. The van der Waals surface area contributed by atoms with Crippen LogP contribution in [0.25, 0.3) is 0 Å². The van der Waals surface area contributed by atoms with Crippen LogP contribution in [0.1, 0.15) is 18.4 Å². The monoisotopic (exact) mass is 330 g/mol. The quantitative estimate of drug-likeness (QED) is 0.869. The second-order valence-electron chi connectivity index (χ2n) is 5.08. The molecular weight excluding hydrogens is 315 g/mol. The third kappa shape index (κ3) is 3.60. The van der Waals surface area contributed by atoms with Gasteiger partial charge in [-0.25, -0.2) is 4.79 Å². The smallest absolute Gasteiger partial charge is 0.321 e. The normalized spacial score (nSPS) is 15.9. The highest BCUT2D eigenvalue weighted by Gasteiger charge is 2.27. The van der Waals surface area contributed by atoms with Gasteiger partial charge in [0.1, 0.15) is 0 Å². The highest BCUT2D eigenvalue weighted by Crippen LogP contribution is 2.33. The van der Waals surface area contributed by atoms with E-state index in [4.69, 9.17) is 28.3 Å². The van der Waals surface area contributed by atoms with Crippen LogP contribution < -0.4 is 5.32 Å². The number of hydrogen-bond acceptors (Lipinski definition) is 2. The van der Waals surface area contributed by atoms with Crippen molar-refractivity contribution in [2.75, 3.05) is 18.4 Å². The van der Waals surface area contributed by atoms with Gasteiger partial charge in [0.25, 0.3) is 0 Å². The zero-order valence-electron chi connectivity index (χ0n) is 11.5. The van der Waals surface area contributed by atoms with E-state index in [0.717, 1.165) is 5.56 Å². The van der Waals surface area contributed by atoms with Crippen LogP contribution in [0.2, 0.25) is 10.0 Å². The topological polar surface area (TPSA) is 69.6 Å². The summed E-state index contributed by atoms with van der Waals surface area (Å²) in [6.45, 7) is 2.64. The molecule has 7 heteroatoms. The Labute approximate surface area is 132 Å². The minimum Gasteiger partial charge on any atom is -0.481 e. The zero-order chi connectivity index (χ0) is 15.6. The van der Waals surface area contributed by atoms with Gasteiger partial charge in [-0.15, -0.1) is 0 Å². The van der Waals surface area contributed by atoms with Gasteiger partial charge >= 0.3 is 12.0 Å². The number of piperidine rings is 1. The standard InChI is InChI=1S/C14H16Cl2N2O3/c1-8-2-3-10(15)12(11(8)16)17-14(21)18-6-4-9(5-7-18)13(19)20/h2-3,9H,4-7H2,1H3,(H,17,21)(H,19,20). The summed E-state index contributed by atoms with van der Waals surface area (Å²) in [6.07, 6.45) is 0.913. The Morgan fingerprint density at radius 1 is 1.29 bits per heavy atom. The van der Waals surface area contributed by atoms with Crippen LogP contribution in [-0.2, 0) is 4.79 Å². The Kier molecular flexibility index (Phi) is 4.96. The molecule has 1 aromatic carbocycles. The number of carbonyl (C=O) groups excluding carboxylic acids is 1. The fourth-order valence-corrected chi connectivity index (χ4v) is 2.75. The van der Waals surface area contributed by atoms with Crippen molar-refractivity contribution in [2.45, 2.75) is 19.8 Å². The van der Waals surface area contributed by atoms with Crippen molar-refractivity contribution in [1.82, 2.24) is 4.90 Å². The minimum absolute atomic E-state index is 0.312. The summed E-state index contributed by atoms with van der Waals surface area (Å²) < 4.78 is 0. The number of urea groups is 1. The molecular formula is C14H16Cl2N2O3. The molecule has 0 aliphatic carbocycles. The van der Waals surface area contributed by atoms with E-state index in [1.54, 1.807) is 17.0 Å². The Balaban J connectivity index is 2.03. The van der Waals surface area contributed by atoms with Gasteiger partial charge in [0.2, 0.25) is 0 Å². The molecule has 1 aliphatic rings. The van der Waals surface area contributed by atoms with E-state index < -0.39 is 5.97 Å². The molecule has 0 spiro atoms. The Bertz CT molecular complexity index is 570. The van der Waals surface area contributed by atoms with E-state index in [1.807, 2.05) is 6.92 Å². The maximum absolute atomic E-state index is 12.2. The molecule has 0 radical (unpaired) electrons. The third-order valence-corrected chi connectivity index (χ3v) is 4.45. The number of carboxylic acids is 1. The van der Waals surface area contributed by atoms with Crippen LogP contribution in [0.4, 0.5) is 10.5 Å². The van der Waals surface area contributed by atoms with Crippen molar-refractivity contribution in [3.05, 3.63) is 27.7 Å². The molecule has 1 heterocycles. The molecule has 2 amide bonds.